The molecule has 0 aliphatic carbocycles. The van der Waals surface area contributed by atoms with Crippen LogP contribution in [0.2, 0.25) is 0 Å². The first-order chi connectivity index (χ1) is 10.8. The maximum absolute atomic E-state index is 11.7. The molecule has 0 saturated carbocycles. The van der Waals surface area contributed by atoms with E-state index in [1.807, 2.05) is 37.3 Å². The highest BCUT2D eigenvalue weighted by Gasteiger charge is 2.59. The number of rotatable bonds is 5. The van der Waals surface area contributed by atoms with Gasteiger partial charge in [-0.25, -0.2) is 0 Å². The second kappa shape index (κ2) is 6.14. The number of fused-ring (bicyclic) bond motifs is 2. The zero-order valence-electron chi connectivity index (χ0n) is 13.5. The molecule has 0 N–H and O–H groups in total. The lowest BCUT2D eigenvalue weighted by Crippen LogP contribution is -2.61. The Morgan fingerprint density at radius 3 is 2.65 bits per heavy atom. The zero-order valence-corrected chi connectivity index (χ0v) is 14.3. The Balaban J connectivity index is 1.84. The summed E-state index contributed by atoms with van der Waals surface area (Å²) < 4.78 is 46.3. The molecule has 2 saturated heterocycles. The van der Waals surface area contributed by atoms with Crippen molar-refractivity contribution < 1.29 is 26.8 Å². The minimum absolute atomic E-state index is 0.149. The second-order valence-electron chi connectivity index (χ2n) is 6.37. The van der Waals surface area contributed by atoms with Gasteiger partial charge in [-0.3, -0.25) is 4.18 Å². The molecule has 2 fully saturated rings. The third-order valence-corrected chi connectivity index (χ3v) is 5.09. The van der Waals surface area contributed by atoms with Crippen LogP contribution in [0.15, 0.2) is 30.3 Å². The Labute approximate surface area is 136 Å². The van der Waals surface area contributed by atoms with E-state index in [1.165, 1.54) is 0 Å². The summed E-state index contributed by atoms with van der Waals surface area (Å²) in [5.41, 5.74) is -0.101. The number of benzene rings is 1. The van der Waals surface area contributed by atoms with E-state index in [2.05, 4.69) is 0 Å². The second-order valence-corrected chi connectivity index (χ2v) is 7.95. The van der Waals surface area contributed by atoms with Gasteiger partial charge in [0, 0.05) is 5.92 Å². The van der Waals surface area contributed by atoms with E-state index < -0.39 is 34.2 Å². The van der Waals surface area contributed by atoms with Gasteiger partial charge in [-0.1, -0.05) is 37.3 Å². The topological polar surface area (TPSA) is 71.1 Å². The van der Waals surface area contributed by atoms with Gasteiger partial charge in [0.25, 0.3) is 10.1 Å². The predicted molar refractivity (Wildman–Crippen MR) is 83.1 cm³/mol. The average Bonchev–Trinajstić information content (AvgIpc) is 2.93. The highest BCUT2D eigenvalue weighted by atomic mass is 32.2. The first kappa shape index (κ1) is 16.9. The van der Waals surface area contributed by atoms with E-state index in [0.717, 1.165) is 11.8 Å². The van der Waals surface area contributed by atoms with E-state index in [1.54, 1.807) is 6.92 Å². The van der Waals surface area contributed by atoms with Crippen molar-refractivity contribution in [1.82, 2.24) is 0 Å². The predicted octanol–water partition coefficient (Wildman–Crippen LogP) is 1.70. The number of hydrogen-bond acceptors (Lipinski definition) is 6. The van der Waals surface area contributed by atoms with Crippen LogP contribution in [0, 0.1) is 5.92 Å². The summed E-state index contributed by atoms with van der Waals surface area (Å²) in [5, 5.41) is 0. The maximum atomic E-state index is 11.7. The Morgan fingerprint density at radius 2 is 2.00 bits per heavy atom. The van der Waals surface area contributed by atoms with Gasteiger partial charge >= 0.3 is 0 Å². The summed E-state index contributed by atoms with van der Waals surface area (Å²) >= 11 is 0. The van der Waals surface area contributed by atoms with E-state index in [4.69, 9.17) is 18.4 Å². The van der Waals surface area contributed by atoms with Crippen molar-refractivity contribution in [1.29, 1.82) is 0 Å². The van der Waals surface area contributed by atoms with Gasteiger partial charge < -0.3 is 14.2 Å². The molecule has 1 aromatic rings. The first-order valence-corrected chi connectivity index (χ1v) is 9.44. The van der Waals surface area contributed by atoms with Crippen LogP contribution in [0.3, 0.4) is 0 Å². The van der Waals surface area contributed by atoms with Gasteiger partial charge in [-0.2, -0.15) is 8.42 Å². The molecule has 2 bridgehead atoms. The van der Waals surface area contributed by atoms with Crippen molar-refractivity contribution in [3.05, 3.63) is 35.9 Å². The number of hydrogen-bond donors (Lipinski definition) is 0. The summed E-state index contributed by atoms with van der Waals surface area (Å²) in [5.74, 6) is -0.149. The quantitative estimate of drug-likeness (QED) is 0.759. The van der Waals surface area contributed by atoms with E-state index in [-0.39, 0.29) is 5.92 Å². The van der Waals surface area contributed by atoms with E-state index >= 15 is 0 Å². The van der Waals surface area contributed by atoms with Gasteiger partial charge in [0.2, 0.25) is 0 Å². The molecule has 0 spiro atoms. The standard InChI is InChI=1S/C16H22O6S/c1-11-14(19-9-12-7-5-4-6-8-12)16(2,22-23(3,17)18)13-10-20-15(11)21-13/h4-8,11,13-15H,9-10H2,1-3H3/t11-,13-,14-,15-,16+/m1/s1. The van der Waals surface area contributed by atoms with Crippen molar-refractivity contribution in [2.45, 2.75) is 44.6 Å². The zero-order chi connectivity index (χ0) is 16.7. The molecule has 0 radical (unpaired) electrons. The minimum Gasteiger partial charge on any atom is -0.370 e. The molecule has 1 aromatic carbocycles. The molecule has 0 amide bonds. The van der Waals surface area contributed by atoms with Crippen LogP contribution in [0.1, 0.15) is 19.4 Å². The summed E-state index contributed by atoms with van der Waals surface area (Å²) in [6.45, 7) is 4.31. The lowest BCUT2D eigenvalue weighted by molar-refractivity contribution is -0.243. The monoisotopic (exact) mass is 342 g/mol. The third kappa shape index (κ3) is 3.44. The Hall–Kier alpha value is -0.990. The van der Waals surface area contributed by atoms with E-state index in [9.17, 15) is 8.42 Å². The Bertz CT molecular complexity index is 646. The molecule has 6 nitrogen and oxygen atoms in total. The fraction of sp³-hybridized carbons (Fsp3) is 0.625. The average molecular weight is 342 g/mol. The third-order valence-electron chi connectivity index (χ3n) is 4.42. The molecule has 2 aliphatic heterocycles. The fourth-order valence-corrected chi connectivity index (χ4v) is 4.21. The van der Waals surface area contributed by atoms with Crippen LogP contribution < -0.4 is 0 Å². The van der Waals surface area contributed by atoms with Crippen LogP contribution in [-0.2, 0) is 35.1 Å². The molecule has 5 atom stereocenters. The van der Waals surface area contributed by atoms with Gasteiger partial charge in [-0.05, 0) is 12.5 Å². The van der Waals surface area contributed by atoms with Crippen molar-refractivity contribution in [3.8, 4) is 0 Å². The highest BCUT2D eigenvalue weighted by Crippen LogP contribution is 2.43. The van der Waals surface area contributed by atoms with Gasteiger partial charge in [0.15, 0.2) is 6.29 Å². The van der Waals surface area contributed by atoms with Crippen LogP contribution >= 0.6 is 0 Å². The van der Waals surface area contributed by atoms with Crippen LogP contribution in [0.4, 0.5) is 0 Å². The van der Waals surface area contributed by atoms with Crippen molar-refractivity contribution in [3.63, 3.8) is 0 Å². The molecule has 0 aromatic heterocycles. The largest absolute Gasteiger partial charge is 0.370 e. The van der Waals surface area contributed by atoms with Crippen LogP contribution in [-0.4, -0.2) is 45.4 Å². The molecule has 0 unspecified atom stereocenters. The van der Waals surface area contributed by atoms with E-state index in [0.29, 0.717) is 13.2 Å². The van der Waals surface area contributed by atoms with Gasteiger partial charge in [-0.15, -0.1) is 0 Å². The first-order valence-electron chi connectivity index (χ1n) is 7.63. The van der Waals surface area contributed by atoms with Crippen LogP contribution in [0.5, 0.6) is 0 Å². The smallest absolute Gasteiger partial charge is 0.265 e. The molecule has 7 heteroatoms. The minimum atomic E-state index is -3.66. The molecule has 3 rings (SSSR count). The lowest BCUT2D eigenvalue weighted by atomic mass is 9.83. The lowest BCUT2D eigenvalue weighted by Gasteiger charge is -2.45. The normalized spacial score (nSPS) is 37.0. The molecule has 23 heavy (non-hydrogen) atoms. The van der Waals surface area contributed by atoms with Crippen LogP contribution in [0.25, 0.3) is 0 Å². The van der Waals surface area contributed by atoms with Crippen molar-refractivity contribution in [2.24, 2.45) is 5.92 Å². The summed E-state index contributed by atoms with van der Waals surface area (Å²) in [7, 11) is -3.66. The highest BCUT2D eigenvalue weighted by molar-refractivity contribution is 7.86. The summed E-state index contributed by atoms with van der Waals surface area (Å²) in [6, 6.07) is 9.73. The molecular weight excluding hydrogens is 320 g/mol. The molecule has 2 heterocycles. The Morgan fingerprint density at radius 1 is 1.30 bits per heavy atom. The summed E-state index contributed by atoms with van der Waals surface area (Å²) in [6.07, 6.45) is -0.279. The van der Waals surface area contributed by atoms with Gasteiger partial charge in [0.1, 0.15) is 11.7 Å². The number of ether oxygens (including phenoxy) is 3. The maximum Gasteiger partial charge on any atom is 0.265 e. The SMILES string of the molecule is C[C@H]1[C@@H]2OC[C@@H](O2)[C@](C)(OS(C)(=O)=O)[C@@H]1OCc1ccccc1. The van der Waals surface area contributed by atoms with Crippen molar-refractivity contribution in [2.75, 3.05) is 12.9 Å². The van der Waals surface area contributed by atoms with Crippen molar-refractivity contribution >= 4 is 10.1 Å². The fourth-order valence-electron chi connectivity index (χ4n) is 3.35. The molecule has 2 aliphatic rings. The summed E-state index contributed by atoms with van der Waals surface area (Å²) in [4.78, 5) is 0. The van der Waals surface area contributed by atoms with Gasteiger partial charge in [0.05, 0.1) is 25.6 Å². The molecule has 128 valence electrons. The molecular formula is C16H22O6S. The Kier molecular flexibility index (Phi) is 4.50.